The summed E-state index contributed by atoms with van der Waals surface area (Å²) in [5.74, 6) is -1.74. The predicted octanol–water partition coefficient (Wildman–Crippen LogP) is 4.27. The molecule has 4 nitrogen and oxygen atoms in total. The molecular weight excluding hydrogens is 328 g/mol. The first-order chi connectivity index (χ1) is 12.5. The van der Waals surface area contributed by atoms with Crippen LogP contribution in [-0.2, 0) is 22.4 Å². The van der Waals surface area contributed by atoms with Crippen molar-refractivity contribution in [3.8, 4) is 22.3 Å². The number of carboxylic acids is 2. The summed E-state index contributed by atoms with van der Waals surface area (Å²) in [5.41, 5.74) is 5.35. The Hall–Kier alpha value is -3.40. The first kappa shape index (κ1) is 17.4. The highest BCUT2D eigenvalue weighted by Gasteiger charge is 2.11. The van der Waals surface area contributed by atoms with Gasteiger partial charge in [-0.15, -0.1) is 0 Å². The summed E-state index contributed by atoms with van der Waals surface area (Å²) in [6.07, 6.45) is -0.0654. The molecule has 0 bridgehead atoms. The molecule has 0 aromatic heterocycles. The lowest BCUT2D eigenvalue weighted by molar-refractivity contribution is -0.137. The van der Waals surface area contributed by atoms with Gasteiger partial charge in [-0.25, -0.2) is 0 Å². The molecule has 26 heavy (non-hydrogen) atoms. The fourth-order valence-electron chi connectivity index (χ4n) is 2.96. The first-order valence-corrected chi connectivity index (χ1v) is 8.24. The van der Waals surface area contributed by atoms with Crippen LogP contribution in [0.3, 0.4) is 0 Å². The molecule has 0 saturated carbocycles. The summed E-state index contributed by atoms with van der Waals surface area (Å²) >= 11 is 0. The maximum absolute atomic E-state index is 11.1. The van der Waals surface area contributed by atoms with E-state index < -0.39 is 11.9 Å². The Labute approximate surface area is 151 Å². The third-order valence-electron chi connectivity index (χ3n) is 4.14. The van der Waals surface area contributed by atoms with E-state index in [9.17, 15) is 9.59 Å². The number of hydrogen-bond donors (Lipinski definition) is 2. The van der Waals surface area contributed by atoms with Gasteiger partial charge in [0.1, 0.15) is 0 Å². The van der Waals surface area contributed by atoms with Crippen molar-refractivity contribution in [1.29, 1.82) is 0 Å². The summed E-state index contributed by atoms with van der Waals surface area (Å²) in [4.78, 5) is 21.9. The fraction of sp³-hybridized carbons (Fsp3) is 0.0909. The molecule has 0 spiro atoms. The lowest BCUT2D eigenvalue weighted by atomic mass is 9.91. The third-order valence-corrected chi connectivity index (χ3v) is 4.14. The molecule has 3 rings (SSSR count). The smallest absolute Gasteiger partial charge is 0.307 e. The molecule has 0 aliphatic rings. The highest BCUT2D eigenvalue weighted by molar-refractivity contribution is 5.85. The van der Waals surface area contributed by atoms with Gasteiger partial charge < -0.3 is 10.2 Å². The average molecular weight is 346 g/mol. The maximum Gasteiger partial charge on any atom is 0.307 e. The zero-order chi connectivity index (χ0) is 18.5. The van der Waals surface area contributed by atoms with Crippen LogP contribution in [0.15, 0.2) is 72.8 Å². The van der Waals surface area contributed by atoms with Crippen molar-refractivity contribution in [3.63, 3.8) is 0 Å². The molecule has 0 fully saturated rings. The van der Waals surface area contributed by atoms with Crippen LogP contribution in [0, 0.1) is 0 Å². The number of hydrogen-bond acceptors (Lipinski definition) is 2. The van der Waals surface area contributed by atoms with Gasteiger partial charge in [0, 0.05) is 0 Å². The number of carboxylic acid groups (broad SMARTS) is 2. The first-order valence-electron chi connectivity index (χ1n) is 8.24. The van der Waals surface area contributed by atoms with E-state index in [2.05, 4.69) is 0 Å². The van der Waals surface area contributed by atoms with Crippen LogP contribution in [0.2, 0.25) is 0 Å². The molecule has 2 N–H and O–H groups in total. The van der Waals surface area contributed by atoms with Crippen molar-refractivity contribution in [1.82, 2.24) is 0 Å². The Morgan fingerprint density at radius 1 is 0.615 bits per heavy atom. The van der Waals surface area contributed by atoms with Gasteiger partial charge in [-0.3, -0.25) is 9.59 Å². The van der Waals surface area contributed by atoms with Crippen LogP contribution in [0.5, 0.6) is 0 Å². The Balaban J connectivity index is 2.07. The Kier molecular flexibility index (Phi) is 5.13. The minimum atomic E-state index is -0.875. The van der Waals surface area contributed by atoms with E-state index in [-0.39, 0.29) is 12.8 Å². The molecule has 0 radical (unpaired) electrons. The number of rotatable bonds is 6. The van der Waals surface area contributed by atoms with Crippen molar-refractivity contribution in [2.45, 2.75) is 12.8 Å². The van der Waals surface area contributed by atoms with Gasteiger partial charge in [0.25, 0.3) is 0 Å². The van der Waals surface area contributed by atoms with Crippen molar-refractivity contribution in [2.75, 3.05) is 0 Å². The van der Waals surface area contributed by atoms with Crippen molar-refractivity contribution in [3.05, 3.63) is 83.9 Å². The summed E-state index contributed by atoms with van der Waals surface area (Å²) in [5, 5.41) is 18.0. The normalized spacial score (nSPS) is 10.5. The van der Waals surface area contributed by atoms with E-state index in [4.69, 9.17) is 10.2 Å². The zero-order valence-electron chi connectivity index (χ0n) is 14.1. The molecule has 0 heterocycles. The topological polar surface area (TPSA) is 74.6 Å². The lowest BCUT2D eigenvalue weighted by Gasteiger charge is -2.13. The lowest BCUT2D eigenvalue weighted by Crippen LogP contribution is -2.01. The molecule has 0 unspecified atom stereocenters. The number of aliphatic carboxylic acids is 2. The van der Waals surface area contributed by atoms with Crippen LogP contribution in [0.1, 0.15) is 11.1 Å². The van der Waals surface area contributed by atoms with Gasteiger partial charge in [-0.2, -0.15) is 0 Å². The quantitative estimate of drug-likeness (QED) is 0.699. The number of benzene rings is 3. The predicted molar refractivity (Wildman–Crippen MR) is 100.0 cm³/mol. The minimum absolute atomic E-state index is 0.0229. The fourth-order valence-corrected chi connectivity index (χ4v) is 2.96. The second-order valence-corrected chi connectivity index (χ2v) is 6.08. The summed E-state index contributed by atoms with van der Waals surface area (Å²) in [6, 6.07) is 22.9. The van der Waals surface area contributed by atoms with Crippen molar-refractivity contribution in [2.24, 2.45) is 0 Å². The SMILES string of the molecule is O=C(O)Cc1ccc(-c2cc(CC(=O)O)ccc2-c2ccccc2)cc1. The van der Waals surface area contributed by atoms with Crippen LogP contribution in [0.4, 0.5) is 0 Å². The van der Waals surface area contributed by atoms with Crippen molar-refractivity contribution < 1.29 is 19.8 Å². The van der Waals surface area contributed by atoms with Crippen molar-refractivity contribution >= 4 is 11.9 Å². The Morgan fingerprint density at radius 3 is 1.77 bits per heavy atom. The van der Waals surface area contributed by atoms with Gasteiger partial charge in [0.15, 0.2) is 0 Å². The summed E-state index contributed by atoms with van der Waals surface area (Å²) in [7, 11) is 0. The molecule has 0 aliphatic carbocycles. The molecule has 3 aromatic rings. The third kappa shape index (κ3) is 4.16. The van der Waals surface area contributed by atoms with E-state index in [1.165, 1.54) is 0 Å². The summed E-state index contributed by atoms with van der Waals surface area (Å²) < 4.78 is 0. The molecule has 130 valence electrons. The average Bonchev–Trinajstić information content (AvgIpc) is 2.62. The molecule has 0 atom stereocenters. The van der Waals surface area contributed by atoms with Gasteiger partial charge in [0.2, 0.25) is 0 Å². The molecule has 3 aromatic carbocycles. The van der Waals surface area contributed by atoms with Gasteiger partial charge in [0.05, 0.1) is 12.8 Å². The van der Waals surface area contributed by atoms with Crippen LogP contribution >= 0.6 is 0 Å². The van der Waals surface area contributed by atoms with E-state index >= 15 is 0 Å². The molecule has 0 saturated heterocycles. The number of carbonyl (C=O) groups is 2. The molecule has 4 heteroatoms. The van der Waals surface area contributed by atoms with E-state index in [0.717, 1.165) is 33.4 Å². The van der Waals surface area contributed by atoms with Gasteiger partial charge >= 0.3 is 11.9 Å². The second kappa shape index (κ2) is 7.66. The van der Waals surface area contributed by atoms with Crippen LogP contribution < -0.4 is 0 Å². The van der Waals surface area contributed by atoms with Gasteiger partial charge in [-0.05, 0) is 39.4 Å². The van der Waals surface area contributed by atoms with E-state index in [1.54, 1.807) is 12.1 Å². The van der Waals surface area contributed by atoms with E-state index in [0.29, 0.717) is 0 Å². The highest BCUT2D eigenvalue weighted by Crippen LogP contribution is 2.33. The molecular formula is C22H18O4. The second-order valence-electron chi connectivity index (χ2n) is 6.08. The minimum Gasteiger partial charge on any atom is -0.481 e. The molecule has 0 aliphatic heterocycles. The Bertz CT molecular complexity index is 928. The summed E-state index contributed by atoms with van der Waals surface area (Å²) in [6.45, 7) is 0. The van der Waals surface area contributed by atoms with Crippen LogP contribution in [0.25, 0.3) is 22.3 Å². The standard InChI is InChI=1S/C22H18O4/c23-21(24)13-15-6-9-18(10-7-15)20-12-16(14-22(25)26)8-11-19(20)17-4-2-1-3-5-17/h1-12H,13-14H2,(H,23,24)(H,25,26). The Morgan fingerprint density at radius 2 is 1.15 bits per heavy atom. The molecule has 0 amide bonds. The highest BCUT2D eigenvalue weighted by atomic mass is 16.4. The van der Waals surface area contributed by atoms with E-state index in [1.807, 2.05) is 60.7 Å². The maximum atomic E-state index is 11.1. The monoisotopic (exact) mass is 346 g/mol. The largest absolute Gasteiger partial charge is 0.481 e. The van der Waals surface area contributed by atoms with Gasteiger partial charge in [-0.1, -0.05) is 66.7 Å². The van der Waals surface area contributed by atoms with Crippen LogP contribution in [-0.4, -0.2) is 22.2 Å². The zero-order valence-corrected chi connectivity index (χ0v) is 14.1.